The van der Waals surface area contributed by atoms with Crippen LogP contribution >= 0.6 is 12.4 Å². The van der Waals surface area contributed by atoms with Gasteiger partial charge in [0, 0.05) is 35.7 Å². The van der Waals surface area contributed by atoms with Gasteiger partial charge in [0.05, 0.1) is 5.56 Å². The second kappa shape index (κ2) is 7.41. The van der Waals surface area contributed by atoms with Gasteiger partial charge in [-0.25, -0.2) is 4.39 Å². The Bertz CT molecular complexity index is 788. The highest BCUT2D eigenvalue weighted by atomic mass is 35.5. The van der Waals surface area contributed by atoms with Crippen LogP contribution in [0.5, 0.6) is 0 Å². The first-order valence-electron chi connectivity index (χ1n) is 9.04. The first-order chi connectivity index (χ1) is 12.1. The molecule has 3 heterocycles. The van der Waals surface area contributed by atoms with Crippen LogP contribution in [-0.4, -0.2) is 40.5 Å². The summed E-state index contributed by atoms with van der Waals surface area (Å²) in [7, 11) is 0. The molecule has 0 saturated carbocycles. The molecule has 2 aliphatic rings. The third-order valence-electron chi connectivity index (χ3n) is 5.64. The van der Waals surface area contributed by atoms with Gasteiger partial charge in [-0.3, -0.25) is 4.79 Å². The van der Waals surface area contributed by atoms with Gasteiger partial charge in [0.25, 0.3) is 5.91 Å². The van der Waals surface area contributed by atoms with E-state index in [4.69, 9.17) is 0 Å². The number of hydrogen-bond acceptors (Lipinski definition) is 2. The number of nitrogens with one attached hydrogen (secondary N) is 1. The number of fused-ring (bicyclic) bond motifs is 2. The molecule has 1 N–H and O–H groups in total. The molecular weight excluding hydrogens is 353 g/mol. The van der Waals surface area contributed by atoms with Crippen molar-refractivity contribution in [1.29, 1.82) is 0 Å². The quantitative estimate of drug-likeness (QED) is 0.867. The Morgan fingerprint density at radius 3 is 2.54 bits per heavy atom. The predicted octanol–water partition coefficient (Wildman–Crippen LogP) is 3.62. The topological polar surface area (TPSA) is 37.3 Å². The van der Waals surface area contributed by atoms with Gasteiger partial charge >= 0.3 is 0 Å². The average Bonchev–Trinajstić information content (AvgIpc) is 3.02. The van der Waals surface area contributed by atoms with E-state index >= 15 is 0 Å². The molecule has 2 atom stereocenters. The van der Waals surface area contributed by atoms with Crippen molar-refractivity contribution in [1.82, 2.24) is 14.8 Å². The minimum absolute atomic E-state index is 0. The summed E-state index contributed by atoms with van der Waals surface area (Å²) in [6.45, 7) is 5.84. The molecule has 1 amide bonds. The van der Waals surface area contributed by atoms with Crippen LogP contribution in [0.3, 0.4) is 0 Å². The van der Waals surface area contributed by atoms with Crippen LogP contribution < -0.4 is 5.32 Å². The highest BCUT2D eigenvalue weighted by Gasteiger charge is 2.39. The number of aryl methyl sites for hydroxylation is 1. The molecule has 4 rings (SSSR count). The van der Waals surface area contributed by atoms with Gasteiger partial charge in [0.1, 0.15) is 5.82 Å². The Labute approximate surface area is 159 Å². The van der Waals surface area contributed by atoms with E-state index in [9.17, 15) is 9.18 Å². The summed E-state index contributed by atoms with van der Waals surface area (Å²) in [6, 6.07) is 9.04. The average molecular weight is 378 g/mol. The van der Waals surface area contributed by atoms with E-state index in [-0.39, 0.29) is 24.1 Å². The molecule has 0 aliphatic carbocycles. The fourth-order valence-electron chi connectivity index (χ4n) is 4.42. The van der Waals surface area contributed by atoms with E-state index < -0.39 is 0 Å². The molecule has 2 saturated heterocycles. The van der Waals surface area contributed by atoms with Crippen molar-refractivity contribution in [3.8, 4) is 5.69 Å². The molecular formula is C20H25ClFN3O. The molecule has 0 spiro atoms. The molecule has 1 aromatic carbocycles. The molecule has 2 unspecified atom stereocenters. The van der Waals surface area contributed by atoms with Gasteiger partial charge in [-0.1, -0.05) is 0 Å². The van der Waals surface area contributed by atoms with Gasteiger partial charge in [0.2, 0.25) is 0 Å². The Balaban J connectivity index is 0.00000196. The first-order valence-corrected chi connectivity index (χ1v) is 9.04. The van der Waals surface area contributed by atoms with Crippen molar-refractivity contribution in [3.63, 3.8) is 0 Å². The maximum Gasteiger partial charge on any atom is 0.256 e. The second-order valence-electron chi connectivity index (χ2n) is 7.19. The number of amides is 1. The third kappa shape index (κ3) is 3.14. The Morgan fingerprint density at radius 2 is 1.81 bits per heavy atom. The molecule has 2 aliphatic heterocycles. The van der Waals surface area contributed by atoms with Crippen LogP contribution in [0.4, 0.5) is 4.39 Å². The van der Waals surface area contributed by atoms with Crippen molar-refractivity contribution in [3.05, 3.63) is 53.1 Å². The third-order valence-corrected chi connectivity index (χ3v) is 5.64. The van der Waals surface area contributed by atoms with Crippen LogP contribution in [0.1, 0.15) is 41.0 Å². The number of rotatable bonds is 2. The van der Waals surface area contributed by atoms with Gasteiger partial charge < -0.3 is 14.8 Å². The number of carbonyl (C=O) groups excluding carboxylic acids is 1. The number of hydrogen-bond donors (Lipinski definition) is 1. The van der Waals surface area contributed by atoms with Crippen molar-refractivity contribution in [2.75, 3.05) is 13.1 Å². The summed E-state index contributed by atoms with van der Waals surface area (Å²) >= 11 is 0. The zero-order valence-corrected chi connectivity index (χ0v) is 16.0. The van der Waals surface area contributed by atoms with Crippen molar-refractivity contribution in [2.45, 2.75) is 45.2 Å². The standard InChI is InChI=1S/C20H24FN3O.ClH/c1-13-11-19(14(2)23(13)16-5-3-15(21)4-6-16)20(25)24-17-7-8-18(24)12-22-10-9-17;/h3-6,11,17-18,22H,7-10,12H2,1-2H3;1H. The smallest absolute Gasteiger partial charge is 0.256 e. The van der Waals surface area contributed by atoms with E-state index in [1.165, 1.54) is 12.1 Å². The fraction of sp³-hybridized carbons (Fsp3) is 0.450. The lowest BCUT2D eigenvalue weighted by atomic mass is 10.1. The number of benzene rings is 1. The maximum atomic E-state index is 13.3. The van der Waals surface area contributed by atoms with E-state index in [2.05, 4.69) is 10.2 Å². The van der Waals surface area contributed by atoms with Crippen LogP contribution in [0.2, 0.25) is 0 Å². The summed E-state index contributed by atoms with van der Waals surface area (Å²) in [5.41, 5.74) is 3.56. The highest BCUT2D eigenvalue weighted by Crippen LogP contribution is 2.31. The molecule has 2 fully saturated rings. The summed E-state index contributed by atoms with van der Waals surface area (Å²) in [5, 5.41) is 3.44. The van der Waals surface area contributed by atoms with Gasteiger partial charge in [-0.15, -0.1) is 12.4 Å². The Hall–Kier alpha value is -1.85. The summed E-state index contributed by atoms with van der Waals surface area (Å²) in [4.78, 5) is 15.4. The molecule has 6 heteroatoms. The summed E-state index contributed by atoms with van der Waals surface area (Å²) < 4.78 is 15.3. The van der Waals surface area contributed by atoms with Crippen LogP contribution in [0.25, 0.3) is 5.69 Å². The lowest BCUT2D eigenvalue weighted by molar-refractivity contribution is 0.0679. The van der Waals surface area contributed by atoms with E-state index in [1.54, 1.807) is 12.1 Å². The van der Waals surface area contributed by atoms with Gasteiger partial charge in [0.15, 0.2) is 0 Å². The molecule has 2 bridgehead atoms. The summed E-state index contributed by atoms with van der Waals surface area (Å²) in [5.74, 6) is -0.117. The SMILES string of the molecule is Cc1cc(C(=O)N2C3CCNCC2CC3)c(C)n1-c1ccc(F)cc1.Cl. The fourth-order valence-corrected chi connectivity index (χ4v) is 4.42. The molecule has 0 radical (unpaired) electrons. The Kier molecular flexibility index (Phi) is 5.39. The number of halogens is 2. The number of carbonyl (C=O) groups is 1. The van der Waals surface area contributed by atoms with Gasteiger partial charge in [-0.05, 0) is 70.0 Å². The van der Waals surface area contributed by atoms with Crippen LogP contribution in [-0.2, 0) is 0 Å². The molecule has 1 aromatic heterocycles. The van der Waals surface area contributed by atoms with E-state index in [1.807, 2.05) is 24.5 Å². The second-order valence-corrected chi connectivity index (χ2v) is 7.19. The molecule has 2 aromatic rings. The van der Waals surface area contributed by atoms with Crippen molar-refractivity contribution in [2.24, 2.45) is 0 Å². The zero-order chi connectivity index (χ0) is 17.6. The number of aromatic nitrogens is 1. The van der Waals surface area contributed by atoms with Crippen LogP contribution in [0.15, 0.2) is 30.3 Å². The maximum absolute atomic E-state index is 13.3. The predicted molar refractivity (Wildman–Crippen MR) is 103 cm³/mol. The molecule has 140 valence electrons. The van der Waals surface area contributed by atoms with Crippen LogP contribution in [0, 0.1) is 19.7 Å². The lowest BCUT2D eigenvalue weighted by Crippen LogP contribution is -2.42. The van der Waals surface area contributed by atoms with E-state index in [0.717, 1.165) is 55.0 Å². The first kappa shape index (κ1) is 18.9. The summed E-state index contributed by atoms with van der Waals surface area (Å²) in [6.07, 6.45) is 3.22. The largest absolute Gasteiger partial charge is 0.331 e. The minimum atomic E-state index is -0.254. The van der Waals surface area contributed by atoms with Crippen molar-refractivity contribution < 1.29 is 9.18 Å². The Morgan fingerprint density at radius 1 is 1.12 bits per heavy atom. The lowest BCUT2D eigenvalue weighted by Gasteiger charge is -2.28. The van der Waals surface area contributed by atoms with Crippen molar-refractivity contribution >= 4 is 18.3 Å². The zero-order valence-electron chi connectivity index (χ0n) is 15.2. The number of nitrogens with zero attached hydrogens (tertiary/aromatic N) is 2. The normalized spacial score (nSPS) is 22.0. The van der Waals surface area contributed by atoms with Gasteiger partial charge in [-0.2, -0.15) is 0 Å². The monoisotopic (exact) mass is 377 g/mol. The highest BCUT2D eigenvalue weighted by molar-refractivity contribution is 5.96. The molecule has 4 nitrogen and oxygen atoms in total. The van der Waals surface area contributed by atoms with E-state index in [0.29, 0.717) is 12.1 Å². The molecule has 26 heavy (non-hydrogen) atoms. The minimum Gasteiger partial charge on any atom is -0.331 e.